The lowest BCUT2D eigenvalue weighted by Crippen LogP contribution is -2.24. The first-order valence-electron chi connectivity index (χ1n) is 10.8. The highest BCUT2D eigenvalue weighted by Crippen LogP contribution is 2.26. The summed E-state index contributed by atoms with van der Waals surface area (Å²) in [7, 11) is 0. The minimum atomic E-state index is -0.122. The number of nitrogens with zero attached hydrogens (tertiary/aromatic N) is 2. The van der Waals surface area contributed by atoms with Gasteiger partial charge < -0.3 is 5.73 Å². The molecule has 0 amide bonds. The van der Waals surface area contributed by atoms with Crippen molar-refractivity contribution in [2.75, 3.05) is 0 Å². The summed E-state index contributed by atoms with van der Waals surface area (Å²) in [5, 5.41) is 1.01. The van der Waals surface area contributed by atoms with Crippen LogP contribution >= 0.6 is 11.6 Å². The Labute approximate surface area is 196 Å². The molecular formula is C28H22ClN3O. The summed E-state index contributed by atoms with van der Waals surface area (Å²) in [6.45, 7) is 0.833. The minimum Gasteiger partial charge on any atom is -0.326 e. The SMILES string of the molecule is NCc1cccc(Cn2c(-c3ccc(-c4ccccc4)cc3)nc3ccc(Cl)cc3c2=O)c1. The standard InChI is InChI=1S/C28H22ClN3O/c29-24-13-14-26-25(16-24)28(33)32(18-20-6-4-5-19(15-20)17-30)27(31-26)23-11-9-22(10-12-23)21-7-2-1-3-8-21/h1-16H,17-18,30H2. The van der Waals surface area contributed by atoms with Crippen LogP contribution in [0.5, 0.6) is 0 Å². The van der Waals surface area contributed by atoms with Crippen molar-refractivity contribution in [3.05, 3.63) is 124 Å². The van der Waals surface area contributed by atoms with Crippen molar-refractivity contribution in [3.63, 3.8) is 0 Å². The Bertz CT molecular complexity index is 1490. The highest BCUT2D eigenvalue weighted by Gasteiger charge is 2.14. The van der Waals surface area contributed by atoms with Gasteiger partial charge in [0.2, 0.25) is 0 Å². The molecule has 0 radical (unpaired) electrons. The summed E-state index contributed by atoms with van der Waals surface area (Å²) in [5.74, 6) is 0.618. The normalized spacial score (nSPS) is 11.1. The van der Waals surface area contributed by atoms with Crippen LogP contribution in [0.4, 0.5) is 0 Å². The molecule has 162 valence electrons. The van der Waals surface area contributed by atoms with Gasteiger partial charge in [0.1, 0.15) is 5.82 Å². The lowest BCUT2D eigenvalue weighted by Gasteiger charge is -2.15. The molecule has 2 N–H and O–H groups in total. The molecule has 4 nitrogen and oxygen atoms in total. The molecule has 0 spiro atoms. The third-order valence-corrected chi connectivity index (χ3v) is 5.97. The van der Waals surface area contributed by atoms with Gasteiger partial charge in [0.15, 0.2) is 0 Å². The van der Waals surface area contributed by atoms with E-state index in [0.717, 1.165) is 27.8 Å². The molecule has 0 aliphatic heterocycles. The van der Waals surface area contributed by atoms with Gasteiger partial charge in [-0.15, -0.1) is 0 Å². The summed E-state index contributed by atoms with van der Waals surface area (Å²) in [6, 6.07) is 31.5. The molecule has 0 saturated carbocycles. The second kappa shape index (κ2) is 9.02. The summed E-state index contributed by atoms with van der Waals surface area (Å²) in [6.07, 6.45) is 0. The first-order valence-corrected chi connectivity index (χ1v) is 11.1. The van der Waals surface area contributed by atoms with Crippen molar-refractivity contribution in [2.45, 2.75) is 13.1 Å². The van der Waals surface area contributed by atoms with E-state index >= 15 is 0 Å². The van der Waals surface area contributed by atoms with Crippen LogP contribution in [-0.4, -0.2) is 9.55 Å². The van der Waals surface area contributed by atoms with Crippen LogP contribution in [0, 0.1) is 0 Å². The molecule has 4 aromatic carbocycles. The predicted octanol–water partition coefficient (Wildman–Crippen LogP) is 5.89. The molecule has 33 heavy (non-hydrogen) atoms. The first kappa shape index (κ1) is 21.1. The molecule has 5 aromatic rings. The third kappa shape index (κ3) is 4.31. The summed E-state index contributed by atoms with van der Waals surface area (Å²) in [5.41, 5.74) is 11.5. The van der Waals surface area contributed by atoms with Gasteiger partial charge in [0.25, 0.3) is 5.56 Å². The van der Waals surface area contributed by atoms with Gasteiger partial charge in [-0.1, -0.05) is 90.5 Å². The van der Waals surface area contributed by atoms with Crippen molar-refractivity contribution in [3.8, 4) is 22.5 Å². The van der Waals surface area contributed by atoms with E-state index in [9.17, 15) is 4.79 Å². The van der Waals surface area contributed by atoms with Crippen molar-refractivity contribution in [1.29, 1.82) is 0 Å². The lowest BCUT2D eigenvalue weighted by atomic mass is 10.0. The number of rotatable bonds is 5. The Morgan fingerprint density at radius 2 is 1.45 bits per heavy atom. The van der Waals surface area contributed by atoms with E-state index in [-0.39, 0.29) is 5.56 Å². The lowest BCUT2D eigenvalue weighted by molar-refractivity contribution is 0.758. The Hall–Kier alpha value is -3.73. The molecule has 0 atom stereocenters. The predicted molar refractivity (Wildman–Crippen MR) is 135 cm³/mol. The summed E-state index contributed by atoms with van der Waals surface area (Å²) in [4.78, 5) is 18.4. The monoisotopic (exact) mass is 451 g/mol. The van der Waals surface area contributed by atoms with Gasteiger partial charge in [-0.25, -0.2) is 4.98 Å². The maximum Gasteiger partial charge on any atom is 0.262 e. The molecule has 1 heterocycles. The van der Waals surface area contributed by atoms with Crippen LogP contribution in [0.3, 0.4) is 0 Å². The second-order valence-electron chi connectivity index (χ2n) is 7.96. The zero-order chi connectivity index (χ0) is 22.8. The van der Waals surface area contributed by atoms with Gasteiger partial charge in [0.05, 0.1) is 17.4 Å². The number of hydrogen-bond acceptors (Lipinski definition) is 3. The molecular weight excluding hydrogens is 430 g/mol. The molecule has 5 heteroatoms. The smallest absolute Gasteiger partial charge is 0.262 e. The quantitative estimate of drug-likeness (QED) is 0.362. The van der Waals surface area contributed by atoms with E-state index in [0.29, 0.717) is 34.8 Å². The fourth-order valence-corrected chi connectivity index (χ4v) is 4.21. The topological polar surface area (TPSA) is 60.9 Å². The molecule has 0 fully saturated rings. The van der Waals surface area contributed by atoms with Gasteiger partial charge >= 0.3 is 0 Å². The average molecular weight is 452 g/mol. The van der Waals surface area contributed by atoms with Gasteiger partial charge in [-0.2, -0.15) is 0 Å². The molecule has 5 rings (SSSR count). The Balaban J connectivity index is 1.66. The van der Waals surface area contributed by atoms with Crippen molar-refractivity contribution in [2.24, 2.45) is 5.73 Å². The first-order chi connectivity index (χ1) is 16.1. The van der Waals surface area contributed by atoms with Crippen molar-refractivity contribution in [1.82, 2.24) is 9.55 Å². The van der Waals surface area contributed by atoms with Crippen molar-refractivity contribution >= 4 is 22.5 Å². The van der Waals surface area contributed by atoms with Crippen LogP contribution in [-0.2, 0) is 13.1 Å². The van der Waals surface area contributed by atoms with Crippen LogP contribution in [0.25, 0.3) is 33.4 Å². The van der Waals surface area contributed by atoms with E-state index in [1.54, 1.807) is 22.8 Å². The van der Waals surface area contributed by atoms with Crippen molar-refractivity contribution < 1.29 is 0 Å². The third-order valence-electron chi connectivity index (χ3n) is 5.73. The minimum absolute atomic E-state index is 0.122. The maximum absolute atomic E-state index is 13.6. The number of aromatic nitrogens is 2. The second-order valence-corrected chi connectivity index (χ2v) is 8.39. The number of nitrogens with two attached hydrogens (primary N) is 1. The highest BCUT2D eigenvalue weighted by atomic mass is 35.5. The molecule has 0 bridgehead atoms. The van der Waals surface area contributed by atoms with Gasteiger partial charge in [0, 0.05) is 17.1 Å². The van der Waals surface area contributed by atoms with E-state index in [1.807, 2.05) is 54.6 Å². The molecule has 0 unspecified atom stereocenters. The largest absolute Gasteiger partial charge is 0.326 e. The summed E-state index contributed by atoms with van der Waals surface area (Å²) < 4.78 is 1.71. The van der Waals surface area contributed by atoms with Crippen LogP contribution in [0.1, 0.15) is 11.1 Å². The zero-order valence-corrected chi connectivity index (χ0v) is 18.7. The number of halogens is 1. The maximum atomic E-state index is 13.6. The Morgan fingerprint density at radius 1 is 0.758 bits per heavy atom. The van der Waals surface area contributed by atoms with E-state index < -0.39 is 0 Å². The Morgan fingerprint density at radius 3 is 2.21 bits per heavy atom. The molecule has 0 aliphatic rings. The number of hydrogen-bond donors (Lipinski definition) is 1. The van der Waals surface area contributed by atoms with Gasteiger partial charge in [-0.3, -0.25) is 9.36 Å². The highest BCUT2D eigenvalue weighted by molar-refractivity contribution is 6.31. The average Bonchev–Trinajstić information content (AvgIpc) is 2.87. The Kier molecular flexibility index (Phi) is 5.78. The fraction of sp³-hybridized carbons (Fsp3) is 0.0714. The zero-order valence-electron chi connectivity index (χ0n) is 17.9. The van der Waals surface area contributed by atoms with E-state index in [2.05, 4.69) is 24.3 Å². The molecule has 1 aromatic heterocycles. The fourth-order valence-electron chi connectivity index (χ4n) is 4.04. The number of fused-ring (bicyclic) bond motifs is 1. The van der Waals surface area contributed by atoms with Gasteiger partial charge in [-0.05, 0) is 40.5 Å². The van der Waals surface area contributed by atoms with E-state index in [1.165, 1.54) is 0 Å². The van der Waals surface area contributed by atoms with Crippen LogP contribution < -0.4 is 11.3 Å². The summed E-state index contributed by atoms with van der Waals surface area (Å²) >= 11 is 6.19. The molecule has 0 saturated heterocycles. The number of benzene rings is 4. The molecule has 0 aliphatic carbocycles. The van der Waals surface area contributed by atoms with E-state index in [4.69, 9.17) is 22.3 Å². The van der Waals surface area contributed by atoms with Crippen LogP contribution in [0.15, 0.2) is 102 Å². The van der Waals surface area contributed by atoms with Crippen LogP contribution in [0.2, 0.25) is 5.02 Å².